The summed E-state index contributed by atoms with van der Waals surface area (Å²) in [4.78, 5) is 28.2. The van der Waals surface area contributed by atoms with E-state index in [2.05, 4.69) is 20.3 Å². The molecule has 7 heteroatoms. The van der Waals surface area contributed by atoms with Gasteiger partial charge in [-0.2, -0.15) is 0 Å². The molecule has 1 N–H and O–H groups in total. The highest BCUT2D eigenvalue weighted by Gasteiger charge is 2.36. The van der Waals surface area contributed by atoms with Gasteiger partial charge in [-0.25, -0.2) is 9.97 Å². The van der Waals surface area contributed by atoms with Crippen molar-refractivity contribution in [2.24, 2.45) is 0 Å². The lowest BCUT2D eigenvalue weighted by atomic mass is 9.82. The van der Waals surface area contributed by atoms with E-state index in [-0.39, 0.29) is 12.0 Å². The van der Waals surface area contributed by atoms with E-state index in [1.807, 2.05) is 68.1 Å². The summed E-state index contributed by atoms with van der Waals surface area (Å²) in [5.41, 5.74) is 2.36. The van der Waals surface area contributed by atoms with Gasteiger partial charge in [0.1, 0.15) is 17.7 Å². The summed E-state index contributed by atoms with van der Waals surface area (Å²) in [6, 6.07) is 13.9. The second kappa shape index (κ2) is 8.81. The van der Waals surface area contributed by atoms with E-state index in [4.69, 9.17) is 4.74 Å². The Morgan fingerprint density at radius 2 is 1.94 bits per heavy atom. The van der Waals surface area contributed by atoms with Gasteiger partial charge in [-0.3, -0.25) is 9.78 Å². The van der Waals surface area contributed by atoms with Gasteiger partial charge in [-0.15, -0.1) is 0 Å². The van der Waals surface area contributed by atoms with Crippen LogP contribution >= 0.6 is 0 Å². The van der Waals surface area contributed by atoms with Crippen LogP contribution in [0.3, 0.4) is 0 Å². The molecular weight excluding hydrogens is 390 g/mol. The maximum Gasteiger partial charge on any atom is 0.232 e. The molecule has 2 aromatic heterocycles. The molecule has 0 bridgehead atoms. The average molecular weight is 418 g/mol. The van der Waals surface area contributed by atoms with Crippen LogP contribution in [0.15, 0.2) is 61.1 Å². The minimum atomic E-state index is -0.613. The van der Waals surface area contributed by atoms with Gasteiger partial charge in [0.2, 0.25) is 5.91 Å². The number of pyridine rings is 1. The Morgan fingerprint density at radius 3 is 2.68 bits per heavy atom. The first-order valence-corrected chi connectivity index (χ1v) is 10.4. The zero-order chi connectivity index (χ0) is 21.8. The van der Waals surface area contributed by atoms with Gasteiger partial charge in [0, 0.05) is 18.9 Å². The fraction of sp³-hybridized carbons (Fsp3) is 0.333. The van der Waals surface area contributed by atoms with E-state index in [1.165, 1.54) is 5.56 Å². The van der Waals surface area contributed by atoms with Gasteiger partial charge in [0.15, 0.2) is 0 Å². The predicted octanol–water partition coefficient (Wildman–Crippen LogP) is 3.80. The van der Waals surface area contributed by atoms with Crippen LogP contribution in [0.1, 0.15) is 36.8 Å². The fourth-order valence-electron chi connectivity index (χ4n) is 3.70. The van der Waals surface area contributed by atoms with E-state index < -0.39 is 5.41 Å². The molecule has 31 heavy (non-hydrogen) atoms. The maximum absolute atomic E-state index is 13.4. The van der Waals surface area contributed by atoms with Crippen LogP contribution in [-0.4, -0.2) is 45.5 Å². The lowest BCUT2D eigenvalue weighted by Crippen LogP contribution is -2.49. The number of hydrogen-bond donors (Lipinski definition) is 1. The lowest BCUT2D eigenvalue weighted by molar-refractivity contribution is -0.144. The lowest BCUT2D eigenvalue weighted by Gasteiger charge is -2.37. The summed E-state index contributed by atoms with van der Waals surface area (Å²) in [7, 11) is 0. The molecule has 0 spiro atoms. The number of rotatable bonds is 5. The standard InChI is InChI=1S/C24H27N5O2/c1-17-7-9-18(10-8-17)24(2,3)23(30)29-13-14-31-20(16-29)19-5-4-6-21(27-19)28-22-15-25-11-12-26-22/h4-12,15,20H,13-14,16H2,1-3H3,(H,26,27,28)/t20-/m0/s1. The van der Waals surface area contributed by atoms with Crippen molar-refractivity contribution >= 4 is 17.5 Å². The van der Waals surface area contributed by atoms with Crippen molar-refractivity contribution in [2.75, 3.05) is 25.0 Å². The minimum absolute atomic E-state index is 0.0958. The van der Waals surface area contributed by atoms with Crippen molar-refractivity contribution in [2.45, 2.75) is 32.3 Å². The molecule has 1 aromatic carbocycles. The molecule has 7 nitrogen and oxygen atoms in total. The number of carbonyl (C=O) groups excluding carboxylic acids is 1. The number of benzene rings is 1. The highest BCUT2D eigenvalue weighted by Crippen LogP contribution is 2.29. The maximum atomic E-state index is 13.4. The number of morpholine rings is 1. The monoisotopic (exact) mass is 417 g/mol. The van der Waals surface area contributed by atoms with Crippen molar-refractivity contribution in [3.8, 4) is 0 Å². The quantitative estimate of drug-likeness (QED) is 0.680. The molecule has 3 aromatic rings. The first kappa shape index (κ1) is 20.9. The third kappa shape index (κ3) is 4.72. The molecule has 0 unspecified atom stereocenters. The number of hydrogen-bond acceptors (Lipinski definition) is 6. The zero-order valence-corrected chi connectivity index (χ0v) is 18.1. The average Bonchev–Trinajstić information content (AvgIpc) is 2.80. The molecule has 0 aliphatic carbocycles. The summed E-state index contributed by atoms with van der Waals surface area (Å²) >= 11 is 0. The van der Waals surface area contributed by atoms with Crippen molar-refractivity contribution in [3.05, 3.63) is 77.9 Å². The number of amides is 1. The second-order valence-electron chi connectivity index (χ2n) is 8.26. The predicted molar refractivity (Wildman–Crippen MR) is 119 cm³/mol. The van der Waals surface area contributed by atoms with Crippen LogP contribution in [0.4, 0.5) is 11.6 Å². The molecule has 1 aliphatic heterocycles. The number of anilines is 2. The van der Waals surface area contributed by atoms with Gasteiger partial charge in [0.05, 0.1) is 30.5 Å². The van der Waals surface area contributed by atoms with Crippen molar-refractivity contribution in [3.63, 3.8) is 0 Å². The number of aryl methyl sites for hydroxylation is 1. The smallest absolute Gasteiger partial charge is 0.232 e. The highest BCUT2D eigenvalue weighted by atomic mass is 16.5. The first-order valence-electron chi connectivity index (χ1n) is 10.4. The molecule has 1 amide bonds. The Morgan fingerprint density at radius 1 is 1.13 bits per heavy atom. The van der Waals surface area contributed by atoms with E-state index in [9.17, 15) is 4.79 Å². The summed E-state index contributed by atoms with van der Waals surface area (Å²) in [5.74, 6) is 1.37. The molecule has 0 radical (unpaired) electrons. The first-order chi connectivity index (χ1) is 14.9. The Kier molecular flexibility index (Phi) is 5.95. The molecule has 1 aliphatic rings. The van der Waals surface area contributed by atoms with E-state index in [0.29, 0.717) is 31.3 Å². The van der Waals surface area contributed by atoms with Crippen molar-refractivity contribution < 1.29 is 9.53 Å². The van der Waals surface area contributed by atoms with E-state index >= 15 is 0 Å². The van der Waals surface area contributed by atoms with Gasteiger partial charge in [0.25, 0.3) is 0 Å². The Balaban J connectivity index is 1.49. The molecule has 3 heterocycles. The van der Waals surface area contributed by atoms with E-state index in [1.54, 1.807) is 18.6 Å². The van der Waals surface area contributed by atoms with Gasteiger partial charge in [-0.05, 0) is 38.5 Å². The largest absolute Gasteiger partial charge is 0.368 e. The topological polar surface area (TPSA) is 80.2 Å². The summed E-state index contributed by atoms with van der Waals surface area (Å²) < 4.78 is 5.97. The van der Waals surface area contributed by atoms with Crippen LogP contribution in [0, 0.1) is 6.92 Å². The zero-order valence-electron chi connectivity index (χ0n) is 18.1. The normalized spacial score (nSPS) is 16.7. The summed E-state index contributed by atoms with van der Waals surface area (Å²) in [6.45, 7) is 7.52. The van der Waals surface area contributed by atoms with Crippen LogP contribution in [0.2, 0.25) is 0 Å². The second-order valence-corrected chi connectivity index (χ2v) is 8.26. The van der Waals surface area contributed by atoms with Gasteiger partial charge >= 0.3 is 0 Å². The SMILES string of the molecule is Cc1ccc(C(C)(C)C(=O)N2CCO[C@H](c3cccc(Nc4cnccn4)n3)C2)cc1. The number of aromatic nitrogens is 3. The molecule has 4 rings (SSSR count). The number of nitrogens with one attached hydrogen (secondary N) is 1. The summed E-state index contributed by atoms with van der Waals surface area (Å²) in [5, 5.41) is 3.15. The summed E-state index contributed by atoms with van der Waals surface area (Å²) in [6.07, 6.45) is 4.60. The van der Waals surface area contributed by atoms with Crippen molar-refractivity contribution in [1.29, 1.82) is 0 Å². The molecular formula is C24H27N5O2. The molecule has 1 saturated heterocycles. The fourth-order valence-corrected chi connectivity index (χ4v) is 3.70. The van der Waals surface area contributed by atoms with Crippen LogP contribution in [-0.2, 0) is 14.9 Å². The Labute approximate surface area is 182 Å². The van der Waals surface area contributed by atoms with Gasteiger partial charge < -0.3 is 15.0 Å². The van der Waals surface area contributed by atoms with Crippen molar-refractivity contribution in [1.82, 2.24) is 19.9 Å². The number of ether oxygens (including phenoxy) is 1. The highest BCUT2D eigenvalue weighted by molar-refractivity contribution is 5.87. The number of nitrogens with zero attached hydrogens (tertiary/aromatic N) is 4. The van der Waals surface area contributed by atoms with Crippen LogP contribution in [0.5, 0.6) is 0 Å². The van der Waals surface area contributed by atoms with Crippen LogP contribution < -0.4 is 5.32 Å². The Hall–Kier alpha value is -3.32. The molecule has 0 saturated carbocycles. The number of carbonyl (C=O) groups is 1. The molecule has 1 fully saturated rings. The minimum Gasteiger partial charge on any atom is -0.368 e. The third-order valence-electron chi connectivity index (χ3n) is 5.58. The van der Waals surface area contributed by atoms with Gasteiger partial charge in [-0.1, -0.05) is 35.9 Å². The third-order valence-corrected chi connectivity index (χ3v) is 5.58. The van der Waals surface area contributed by atoms with Crippen LogP contribution in [0.25, 0.3) is 0 Å². The molecule has 1 atom stereocenters. The molecule has 160 valence electrons. The Bertz CT molecular complexity index is 1040. The van der Waals surface area contributed by atoms with E-state index in [0.717, 1.165) is 11.3 Å².